The number of fused-ring (bicyclic) bond motifs is 3. The van der Waals surface area contributed by atoms with Gasteiger partial charge >= 0.3 is 5.97 Å². The van der Waals surface area contributed by atoms with Crippen molar-refractivity contribution >= 4 is 5.97 Å². The number of hydrogen-bond donors (Lipinski definition) is 1. The molecule has 2 aromatic carbocycles. The topological polar surface area (TPSA) is 73.6 Å². The van der Waals surface area contributed by atoms with E-state index in [0.29, 0.717) is 11.5 Å². The predicted molar refractivity (Wildman–Crippen MR) is 91.9 cm³/mol. The molecule has 0 unspecified atom stereocenters. The minimum atomic E-state index is -0.955. The molecule has 0 amide bonds. The van der Waals surface area contributed by atoms with Gasteiger partial charge in [-0.25, -0.2) is 9.48 Å². The van der Waals surface area contributed by atoms with E-state index in [1.807, 2.05) is 24.4 Å². The average molecular weight is 336 g/mol. The van der Waals surface area contributed by atoms with Gasteiger partial charge in [0, 0.05) is 23.7 Å². The van der Waals surface area contributed by atoms with Crippen LogP contribution in [-0.4, -0.2) is 35.1 Å². The molecule has 1 aliphatic carbocycles. The first kappa shape index (κ1) is 15.3. The fourth-order valence-corrected chi connectivity index (χ4v) is 3.17. The SMILES string of the molecule is COc1cc2c(cc1OC)-c1nn(-c3cccc(C(=O)O)c3)cc1C2. The van der Waals surface area contributed by atoms with Crippen LogP contribution in [0.5, 0.6) is 11.5 Å². The highest BCUT2D eigenvalue weighted by atomic mass is 16.5. The minimum Gasteiger partial charge on any atom is -0.493 e. The van der Waals surface area contributed by atoms with Gasteiger partial charge in [-0.1, -0.05) is 6.07 Å². The van der Waals surface area contributed by atoms with Gasteiger partial charge in [0.05, 0.1) is 31.2 Å². The summed E-state index contributed by atoms with van der Waals surface area (Å²) in [6, 6.07) is 10.6. The highest BCUT2D eigenvalue weighted by molar-refractivity contribution is 5.88. The maximum absolute atomic E-state index is 11.2. The zero-order valence-corrected chi connectivity index (χ0v) is 13.8. The van der Waals surface area contributed by atoms with Crippen LogP contribution in [0.2, 0.25) is 0 Å². The Morgan fingerprint density at radius 3 is 2.60 bits per heavy atom. The number of rotatable bonds is 4. The quantitative estimate of drug-likeness (QED) is 0.620. The Morgan fingerprint density at radius 2 is 1.88 bits per heavy atom. The molecule has 0 saturated heterocycles. The summed E-state index contributed by atoms with van der Waals surface area (Å²) in [5.41, 5.74) is 5.08. The molecule has 0 spiro atoms. The fraction of sp³-hybridized carbons (Fsp3) is 0.158. The maximum Gasteiger partial charge on any atom is 0.335 e. The number of ether oxygens (including phenoxy) is 2. The summed E-state index contributed by atoms with van der Waals surface area (Å²) in [7, 11) is 3.23. The van der Waals surface area contributed by atoms with E-state index < -0.39 is 5.97 Å². The molecule has 0 radical (unpaired) electrons. The molecule has 0 fully saturated rings. The molecule has 4 rings (SSSR count). The third-order valence-corrected chi connectivity index (χ3v) is 4.39. The molecule has 25 heavy (non-hydrogen) atoms. The van der Waals surface area contributed by atoms with E-state index in [1.165, 1.54) is 0 Å². The molecule has 6 nitrogen and oxygen atoms in total. The number of carbonyl (C=O) groups is 1. The number of hydrogen-bond acceptors (Lipinski definition) is 4. The molecule has 1 aliphatic rings. The molecule has 126 valence electrons. The highest BCUT2D eigenvalue weighted by Crippen LogP contribution is 2.42. The highest BCUT2D eigenvalue weighted by Gasteiger charge is 2.25. The Morgan fingerprint density at radius 1 is 1.12 bits per heavy atom. The van der Waals surface area contributed by atoms with Crippen molar-refractivity contribution in [2.75, 3.05) is 14.2 Å². The van der Waals surface area contributed by atoms with E-state index in [9.17, 15) is 4.79 Å². The summed E-state index contributed by atoms with van der Waals surface area (Å²) in [6.45, 7) is 0. The second kappa shape index (κ2) is 5.66. The van der Waals surface area contributed by atoms with Crippen LogP contribution in [0.4, 0.5) is 0 Å². The summed E-state index contributed by atoms with van der Waals surface area (Å²) in [5.74, 6) is 0.411. The van der Waals surface area contributed by atoms with Crippen LogP contribution in [0.1, 0.15) is 21.5 Å². The first-order chi connectivity index (χ1) is 12.1. The molecular formula is C19H16N2O4. The van der Waals surface area contributed by atoms with E-state index in [4.69, 9.17) is 14.6 Å². The zero-order chi connectivity index (χ0) is 17.6. The largest absolute Gasteiger partial charge is 0.493 e. The molecule has 3 aromatic rings. The standard InChI is InChI=1S/C19H16N2O4/c1-24-16-8-12-6-13-10-21(14-5-3-4-11(7-14)19(22)23)20-18(13)15(12)9-17(16)25-2/h3-5,7-10H,6H2,1-2H3,(H,22,23). The summed E-state index contributed by atoms with van der Waals surface area (Å²) in [6.07, 6.45) is 2.69. The summed E-state index contributed by atoms with van der Waals surface area (Å²) in [4.78, 5) is 11.2. The zero-order valence-electron chi connectivity index (χ0n) is 13.8. The lowest BCUT2D eigenvalue weighted by atomic mass is 10.1. The third-order valence-electron chi connectivity index (χ3n) is 4.39. The number of benzene rings is 2. The number of carboxylic acids is 1. The Labute approximate surface area is 144 Å². The lowest BCUT2D eigenvalue weighted by molar-refractivity contribution is 0.0697. The van der Waals surface area contributed by atoms with Crippen molar-refractivity contribution in [3.8, 4) is 28.4 Å². The van der Waals surface area contributed by atoms with Gasteiger partial charge in [0.1, 0.15) is 0 Å². The van der Waals surface area contributed by atoms with Crippen LogP contribution < -0.4 is 9.47 Å². The Hall–Kier alpha value is -3.28. The monoisotopic (exact) mass is 336 g/mol. The lowest BCUT2D eigenvalue weighted by Gasteiger charge is -2.10. The minimum absolute atomic E-state index is 0.236. The van der Waals surface area contributed by atoms with Gasteiger partial charge in [0.25, 0.3) is 0 Å². The number of nitrogens with zero attached hydrogens (tertiary/aromatic N) is 2. The fourth-order valence-electron chi connectivity index (χ4n) is 3.17. The molecule has 6 heteroatoms. The van der Waals surface area contributed by atoms with E-state index in [-0.39, 0.29) is 5.56 Å². The maximum atomic E-state index is 11.2. The first-order valence-electron chi connectivity index (χ1n) is 7.78. The predicted octanol–water partition coefficient (Wildman–Crippen LogP) is 3.16. The van der Waals surface area contributed by atoms with Crippen molar-refractivity contribution in [1.29, 1.82) is 0 Å². The molecule has 1 heterocycles. The van der Waals surface area contributed by atoms with E-state index in [0.717, 1.165) is 34.5 Å². The molecule has 1 N–H and O–H groups in total. The third kappa shape index (κ3) is 2.42. The van der Waals surface area contributed by atoms with Gasteiger partial charge in [-0.15, -0.1) is 0 Å². The van der Waals surface area contributed by atoms with E-state index >= 15 is 0 Å². The Kier molecular flexibility index (Phi) is 3.46. The Bertz CT molecular complexity index is 991. The summed E-state index contributed by atoms with van der Waals surface area (Å²) in [5, 5.41) is 13.8. The lowest BCUT2D eigenvalue weighted by Crippen LogP contribution is -2.01. The van der Waals surface area contributed by atoms with Crippen LogP contribution in [-0.2, 0) is 6.42 Å². The van der Waals surface area contributed by atoms with Crippen molar-refractivity contribution < 1.29 is 19.4 Å². The van der Waals surface area contributed by atoms with Crippen LogP contribution in [0.15, 0.2) is 42.6 Å². The average Bonchev–Trinajstić information content (AvgIpc) is 3.18. The van der Waals surface area contributed by atoms with Gasteiger partial charge in [-0.3, -0.25) is 0 Å². The van der Waals surface area contributed by atoms with Crippen LogP contribution in [0, 0.1) is 0 Å². The Balaban J connectivity index is 1.78. The summed E-state index contributed by atoms with van der Waals surface area (Å²) < 4.78 is 12.5. The second-order valence-corrected chi connectivity index (χ2v) is 5.84. The first-order valence-corrected chi connectivity index (χ1v) is 7.78. The van der Waals surface area contributed by atoms with Gasteiger partial charge < -0.3 is 14.6 Å². The van der Waals surface area contributed by atoms with Crippen LogP contribution >= 0.6 is 0 Å². The van der Waals surface area contributed by atoms with Gasteiger partial charge in [-0.05, 0) is 35.9 Å². The van der Waals surface area contributed by atoms with Crippen molar-refractivity contribution in [3.05, 3.63) is 59.3 Å². The van der Waals surface area contributed by atoms with E-state index in [1.54, 1.807) is 37.1 Å². The molecule has 0 bridgehead atoms. The van der Waals surface area contributed by atoms with Crippen LogP contribution in [0.3, 0.4) is 0 Å². The number of carboxylic acid groups (broad SMARTS) is 1. The molecule has 0 aliphatic heterocycles. The van der Waals surface area contributed by atoms with Gasteiger partial charge in [0.15, 0.2) is 11.5 Å². The van der Waals surface area contributed by atoms with Crippen molar-refractivity contribution in [3.63, 3.8) is 0 Å². The smallest absolute Gasteiger partial charge is 0.335 e. The van der Waals surface area contributed by atoms with E-state index in [2.05, 4.69) is 5.10 Å². The second-order valence-electron chi connectivity index (χ2n) is 5.84. The molecular weight excluding hydrogens is 320 g/mol. The van der Waals surface area contributed by atoms with Crippen molar-refractivity contribution in [2.45, 2.75) is 6.42 Å². The molecule has 0 atom stereocenters. The van der Waals surface area contributed by atoms with Crippen molar-refractivity contribution in [2.24, 2.45) is 0 Å². The number of aromatic nitrogens is 2. The molecule has 1 aromatic heterocycles. The number of methoxy groups -OCH3 is 2. The van der Waals surface area contributed by atoms with Gasteiger partial charge in [0.2, 0.25) is 0 Å². The number of aromatic carboxylic acids is 1. The summed E-state index contributed by atoms with van der Waals surface area (Å²) >= 11 is 0. The normalized spacial score (nSPS) is 11.8. The van der Waals surface area contributed by atoms with Crippen LogP contribution in [0.25, 0.3) is 16.9 Å². The van der Waals surface area contributed by atoms with Crippen molar-refractivity contribution in [1.82, 2.24) is 9.78 Å². The van der Waals surface area contributed by atoms with Gasteiger partial charge in [-0.2, -0.15) is 5.10 Å². The molecule has 0 saturated carbocycles.